The Bertz CT molecular complexity index is 704. The first-order valence-electron chi connectivity index (χ1n) is 7.84. The number of amides is 1. The van der Waals surface area contributed by atoms with Crippen molar-refractivity contribution in [2.75, 3.05) is 39.0 Å². The van der Waals surface area contributed by atoms with Gasteiger partial charge in [-0.05, 0) is 19.2 Å². The molecule has 3 rings (SSSR count). The minimum Gasteiger partial charge on any atom is -0.339 e. The molecule has 0 bridgehead atoms. The lowest BCUT2D eigenvalue weighted by Gasteiger charge is -2.32. The first-order valence-corrected chi connectivity index (χ1v) is 8.83. The van der Waals surface area contributed by atoms with E-state index in [2.05, 4.69) is 34.1 Å². The van der Waals surface area contributed by atoms with Crippen molar-refractivity contribution in [2.24, 2.45) is 0 Å². The van der Waals surface area contributed by atoms with Gasteiger partial charge in [-0.3, -0.25) is 4.79 Å². The van der Waals surface area contributed by atoms with Crippen molar-refractivity contribution in [1.29, 1.82) is 0 Å². The van der Waals surface area contributed by atoms with Crippen molar-refractivity contribution in [2.45, 2.75) is 11.7 Å². The number of thioether (sulfide) groups is 1. The smallest absolute Gasteiger partial charge is 0.233 e. The predicted molar refractivity (Wildman–Crippen MR) is 94.7 cm³/mol. The Labute approximate surface area is 141 Å². The number of nitrogens with zero attached hydrogens (tertiary/aromatic N) is 4. The molecule has 1 saturated heterocycles. The molecule has 1 aliphatic rings. The van der Waals surface area contributed by atoms with Crippen LogP contribution in [0.5, 0.6) is 0 Å². The van der Waals surface area contributed by atoms with Crippen LogP contribution in [0.3, 0.4) is 0 Å². The number of carbonyl (C=O) groups excluding carboxylic acids is 1. The third-order valence-corrected chi connectivity index (χ3v) is 5.07. The summed E-state index contributed by atoms with van der Waals surface area (Å²) in [5.41, 5.74) is 2.05. The van der Waals surface area contributed by atoms with E-state index in [4.69, 9.17) is 0 Å². The number of carbonyl (C=O) groups is 1. The Hall–Kier alpha value is -1.79. The second kappa shape index (κ2) is 7.19. The highest BCUT2D eigenvalue weighted by atomic mass is 32.2. The molecule has 1 amide bonds. The van der Waals surface area contributed by atoms with Crippen molar-refractivity contribution >= 4 is 28.7 Å². The first-order chi connectivity index (χ1) is 11.2. The summed E-state index contributed by atoms with van der Waals surface area (Å²) in [7, 11) is 2.09. The molecule has 0 radical (unpaired) electrons. The maximum absolute atomic E-state index is 12.4. The molecule has 122 valence electrons. The second-order valence-electron chi connectivity index (χ2n) is 5.76. The number of likely N-dealkylation sites (N-methyl/N-ethyl adjacent to an activating group) is 1. The Morgan fingerprint density at radius 2 is 2.04 bits per heavy atom. The minimum atomic E-state index is 0.195. The number of benzene rings is 1. The SMILES string of the molecule is C=CCn1c(SCC(=O)N2CCN(C)CC2)nc2ccccc21. The molecule has 0 saturated carbocycles. The van der Waals surface area contributed by atoms with Gasteiger partial charge in [0.25, 0.3) is 0 Å². The summed E-state index contributed by atoms with van der Waals surface area (Å²) in [4.78, 5) is 21.3. The summed E-state index contributed by atoms with van der Waals surface area (Å²) in [5, 5.41) is 0.883. The Morgan fingerprint density at radius 1 is 1.30 bits per heavy atom. The molecule has 1 aromatic heterocycles. The fourth-order valence-corrected chi connectivity index (χ4v) is 3.67. The quantitative estimate of drug-likeness (QED) is 0.622. The Kier molecular flexibility index (Phi) is 5.03. The van der Waals surface area contributed by atoms with E-state index in [1.54, 1.807) is 0 Å². The van der Waals surface area contributed by atoms with Crippen molar-refractivity contribution in [1.82, 2.24) is 19.4 Å². The molecule has 6 heteroatoms. The maximum atomic E-state index is 12.4. The summed E-state index contributed by atoms with van der Waals surface area (Å²) in [5.74, 6) is 0.629. The largest absolute Gasteiger partial charge is 0.339 e. The molecule has 2 heterocycles. The molecule has 0 spiro atoms. The van der Waals surface area contributed by atoms with Gasteiger partial charge in [0.15, 0.2) is 5.16 Å². The maximum Gasteiger partial charge on any atom is 0.233 e. The summed E-state index contributed by atoms with van der Waals surface area (Å²) < 4.78 is 2.12. The Morgan fingerprint density at radius 3 is 2.78 bits per heavy atom. The van der Waals surface area contributed by atoms with E-state index in [1.807, 2.05) is 29.2 Å². The van der Waals surface area contributed by atoms with Gasteiger partial charge in [0.1, 0.15) is 0 Å². The number of aromatic nitrogens is 2. The van der Waals surface area contributed by atoms with Crippen molar-refractivity contribution in [3.8, 4) is 0 Å². The van der Waals surface area contributed by atoms with Gasteiger partial charge in [0.2, 0.25) is 5.91 Å². The molecule has 2 aromatic rings. The highest BCUT2D eigenvalue weighted by Crippen LogP contribution is 2.24. The van der Waals surface area contributed by atoms with Crippen molar-refractivity contribution < 1.29 is 4.79 Å². The van der Waals surface area contributed by atoms with Crippen LogP contribution in [-0.4, -0.2) is 64.2 Å². The number of rotatable bonds is 5. The number of piperazine rings is 1. The zero-order valence-electron chi connectivity index (χ0n) is 13.4. The Balaban J connectivity index is 1.70. The van der Waals surface area contributed by atoms with Gasteiger partial charge in [-0.15, -0.1) is 6.58 Å². The molecular formula is C17H22N4OS. The zero-order valence-corrected chi connectivity index (χ0v) is 14.3. The number of allylic oxidation sites excluding steroid dienone is 1. The van der Waals surface area contributed by atoms with Crippen LogP contribution in [0.4, 0.5) is 0 Å². The number of fused-ring (bicyclic) bond motifs is 1. The lowest BCUT2D eigenvalue weighted by atomic mass is 10.3. The van der Waals surface area contributed by atoms with Crippen LogP contribution in [0.1, 0.15) is 0 Å². The van der Waals surface area contributed by atoms with Crippen LogP contribution in [0.2, 0.25) is 0 Å². The monoisotopic (exact) mass is 330 g/mol. The van der Waals surface area contributed by atoms with Gasteiger partial charge in [0, 0.05) is 32.7 Å². The van der Waals surface area contributed by atoms with Gasteiger partial charge < -0.3 is 14.4 Å². The van der Waals surface area contributed by atoms with E-state index >= 15 is 0 Å². The average Bonchev–Trinajstić information content (AvgIpc) is 2.92. The summed E-state index contributed by atoms with van der Waals surface area (Å²) in [6, 6.07) is 8.05. The summed E-state index contributed by atoms with van der Waals surface area (Å²) >= 11 is 1.51. The zero-order chi connectivity index (χ0) is 16.2. The number of imidazole rings is 1. The lowest BCUT2D eigenvalue weighted by molar-refractivity contribution is -0.129. The van der Waals surface area contributed by atoms with Crippen LogP contribution < -0.4 is 0 Å². The summed E-state index contributed by atoms with van der Waals surface area (Å²) in [6.07, 6.45) is 1.86. The van der Waals surface area contributed by atoms with Crippen LogP contribution >= 0.6 is 11.8 Å². The topological polar surface area (TPSA) is 41.4 Å². The molecule has 1 fully saturated rings. The number of para-hydroxylation sites is 2. The highest BCUT2D eigenvalue weighted by molar-refractivity contribution is 7.99. The van der Waals surface area contributed by atoms with E-state index in [0.717, 1.165) is 42.4 Å². The van der Waals surface area contributed by atoms with Gasteiger partial charge in [-0.1, -0.05) is 30.0 Å². The van der Waals surface area contributed by atoms with E-state index in [0.29, 0.717) is 12.3 Å². The van der Waals surface area contributed by atoms with E-state index in [-0.39, 0.29) is 5.91 Å². The summed E-state index contributed by atoms with van der Waals surface area (Å²) in [6.45, 7) is 8.06. The highest BCUT2D eigenvalue weighted by Gasteiger charge is 2.20. The first kappa shape index (κ1) is 16.1. The van der Waals surface area contributed by atoms with Gasteiger partial charge in [-0.2, -0.15) is 0 Å². The molecule has 23 heavy (non-hydrogen) atoms. The fourth-order valence-electron chi connectivity index (χ4n) is 2.74. The van der Waals surface area contributed by atoms with Crippen LogP contribution in [-0.2, 0) is 11.3 Å². The van der Waals surface area contributed by atoms with Gasteiger partial charge in [-0.25, -0.2) is 4.98 Å². The fraction of sp³-hybridized carbons (Fsp3) is 0.412. The lowest BCUT2D eigenvalue weighted by Crippen LogP contribution is -2.47. The van der Waals surface area contributed by atoms with E-state index in [9.17, 15) is 4.79 Å². The average molecular weight is 330 g/mol. The van der Waals surface area contributed by atoms with E-state index in [1.165, 1.54) is 11.8 Å². The number of hydrogen-bond acceptors (Lipinski definition) is 4. The van der Waals surface area contributed by atoms with E-state index < -0.39 is 0 Å². The van der Waals surface area contributed by atoms with Crippen molar-refractivity contribution in [3.63, 3.8) is 0 Å². The molecule has 0 atom stereocenters. The molecule has 0 N–H and O–H groups in total. The van der Waals surface area contributed by atoms with Crippen LogP contribution in [0.25, 0.3) is 11.0 Å². The standard InChI is InChI=1S/C17H22N4OS/c1-3-8-21-15-7-5-4-6-14(15)18-17(21)23-13-16(22)20-11-9-19(2)10-12-20/h3-7H,1,8-13H2,2H3. The van der Waals surface area contributed by atoms with Crippen LogP contribution in [0, 0.1) is 0 Å². The number of hydrogen-bond donors (Lipinski definition) is 0. The third kappa shape index (κ3) is 3.59. The second-order valence-corrected chi connectivity index (χ2v) is 6.70. The molecule has 5 nitrogen and oxygen atoms in total. The predicted octanol–water partition coefficient (Wildman–Crippen LogP) is 2.09. The molecule has 1 aliphatic heterocycles. The molecular weight excluding hydrogens is 308 g/mol. The molecule has 0 aliphatic carbocycles. The van der Waals surface area contributed by atoms with Crippen LogP contribution in [0.15, 0.2) is 42.1 Å². The van der Waals surface area contributed by atoms with Gasteiger partial charge in [0.05, 0.1) is 16.8 Å². The van der Waals surface area contributed by atoms with Crippen molar-refractivity contribution in [3.05, 3.63) is 36.9 Å². The minimum absolute atomic E-state index is 0.195. The van der Waals surface area contributed by atoms with Gasteiger partial charge >= 0.3 is 0 Å². The molecule has 1 aromatic carbocycles. The normalized spacial score (nSPS) is 16.0. The third-order valence-electron chi connectivity index (χ3n) is 4.11. The molecule has 0 unspecified atom stereocenters.